The Balaban J connectivity index is 0.00000128. The van der Waals surface area contributed by atoms with Gasteiger partial charge in [0.05, 0.1) is 12.5 Å². The van der Waals surface area contributed by atoms with Crippen LogP contribution in [-0.4, -0.2) is 37.7 Å². The molecule has 0 aliphatic carbocycles. The molecule has 0 aromatic heterocycles. The highest BCUT2D eigenvalue weighted by atomic mass is 35.5. The maximum atomic E-state index is 11.6. The van der Waals surface area contributed by atoms with E-state index in [2.05, 4.69) is 10.6 Å². The van der Waals surface area contributed by atoms with Gasteiger partial charge >= 0.3 is 0 Å². The minimum atomic E-state index is 0. The normalized spacial score (nSPS) is 29.5. The smallest absolute Gasteiger partial charge is 0.222 e. The minimum absolute atomic E-state index is 0. The summed E-state index contributed by atoms with van der Waals surface area (Å²) in [6, 6.07) is 0.327. The summed E-state index contributed by atoms with van der Waals surface area (Å²) in [5.41, 5.74) is 0. The van der Waals surface area contributed by atoms with E-state index < -0.39 is 0 Å². The first-order chi connectivity index (χ1) is 7.34. The Morgan fingerprint density at radius 1 is 1.38 bits per heavy atom. The highest BCUT2D eigenvalue weighted by molar-refractivity contribution is 5.85. The second-order valence-corrected chi connectivity index (χ2v) is 4.45. The third-order valence-electron chi connectivity index (χ3n) is 3.10. The summed E-state index contributed by atoms with van der Waals surface area (Å²) in [7, 11) is 0. The van der Waals surface area contributed by atoms with Crippen LogP contribution in [0, 0.1) is 0 Å². The molecule has 2 saturated heterocycles. The zero-order chi connectivity index (χ0) is 10.5. The highest BCUT2D eigenvalue weighted by Gasteiger charge is 2.21. The number of carbonyl (C=O) groups is 1. The Morgan fingerprint density at radius 3 is 2.88 bits per heavy atom. The van der Waals surface area contributed by atoms with Crippen LogP contribution in [0.25, 0.3) is 0 Å². The van der Waals surface area contributed by atoms with Crippen molar-refractivity contribution in [2.75, 3.05) is 19.7 Å². The van der Waals surface area contributed by atoms with Gasteiger partial charge in [-0.15, -0.1) is 12.4 Å². The van der Waals surface area contributed by atoms with E-state index in [9.17, 15) is 4.79 Å². The van der Waals surface area contributed by atoms with Crippen LogP contribution < -0.4 is 10.6 Å². The van der Waals surface area contributed by atoms with Gasteiger partial charge in [0.1, 0.15) is 0 Å². The van der Waals surface area contributed by atoms with E-state index in [1.165, 1.54) is 0 Å². The average molecular weight is 249 g/mol. The largest absolute Gasteiger partial charge is 0.378 e. The lowest BCUT2D eigenvalue weighted by Crippen LogP contribution is -2.46. The molecule has 2 heterocycles. The average Bonchev–Trinajstić information content (AvgIpc) is 2.71. The summed E-state index contributed by atoms with van der Waals surface area (Å²) < 4.78 is 5.44. The topological polar surface area (TPSA) is 50.4 Å². The van der Waals surface area contributed by atoms with Gasteiger partial charge in [-0.3, -0.25) is 4.79 Å². The fourth-order valence-corrected chi connectivity index (χ4v) is 2.27. The fraction of sp³-hybridized carbons (Fsp3) is 0.909. The summed E-state index contributed by atoms with van der Waals surface area (Å²) in [4.78, 5) is 11.6. The number of hydrogen-bond donors (Lipinski definition) is 2. The molecule has 5 heteroatoms. The van der Waals surface area contributed by atoms with Gasteiger partial charge in [0.2, 0.25) is 5.91 Å². The molecule has 2 aliphatic heterocycles. The molecule has 0 bridgehead atoms. The quantitative estimate of drug-likeness (QED) is 0.779. The number of amides is 1. The van der Waals surface area contributed by atoms with Gasteiger partial charge in [-0.05, 0) is 32.2 Å². The van der Waals surface area contributed by atoms with Crippen LogP contribution in [-0.2, 0) is 9.53 Å². The van der Waals surface area contributed by atoms with E-state index in [0.717, 1.165) is 45.4 Å². The zero-order valence-corrected chi connectivity index (χ0v) is 10.4. The molecule has 1 amide bonds. The number of ether oxygens (including phenoxy) is 1. The van der Waals surface area contributed by atoms with E-state index >= 15 is 0 Å². The van der Waals surface area contributed by atoms with Crippen molar-refractivity contribution in [3.8, 4) is 0 Å². The number of piperidine rings is 1. The van der Waals surface area contributed by atoms with Crippen LogP contribution in [0.2, 0.25) is 0 Å². The monoisotopic (exact) mass is 248 g/mol. The van der Waals surface area contributed by atoms with Crippen molar-refractivity contribution in [3.63, 3.8) is 0 Å². The number of hydrogen-bond acceptors (Lipinski definition) is 3. The Hall–Kier alpha value is -0.320. The molecular formula is C11H21ClN2O2. The van der Waals surface area contributed by atoms with Gasteiger partial charge < -0.3 is 15.4 Å². The first-order valence-electron chi connectivity index (χ1n) is 5.96. The Labute approximate surface area is 103 Å². The first-order valence-corrected chi connectivity index (χ1v) is 5.96. The maximum absolute atomic E-state index is 11.6. The van der Waals surface area contributed by atoms with Crippen molar-refractivity contribution in [1.82, 2.24) is 10.6 Å². The SMILES string of the molecule is Cl.O=C(CC1CCCO1)NC1CCCNC1. The summed E-state index contributed by atoms with van der Waals surface area (Å²) in [5.74, 6) is 0.149. The number of carbonyl (C=O) groups excluding carboxylic acids is 1. The molecule has 16 heavy (non-hydrogen) atoms. The summed E-state index contributed by atoms with van der Waals surface area (Å²) in [6.45, 7) is 2.82. The lowest BCUT2D eigenvalue weighted by Gasteiger charge is -2.24. The molecule has 0 saturated carbocycles. The van der Waals surface area contributed by atoms with Crippen LogP contribution in [0.5, 0.6) is 0 Å². The molecule has 2 rings (SSSR count). The zero-order valence-electron chi connectivity index (χ0n) is 9.54. The Bertz CT molecular complexity index is 214. The van der Waals surface area contributed by atoms with Gasteiger partial charge in [-0.2, -0.15) is 0 Å². The van der Waals surface area contributed by atoms with Gasteiger partial charge in [0, 0.05) is 19.2 Å². The van der Waals surface area contributed by atoms with Crippen LogP contribution >= 0.6 is 12.4 Å². The van der Waals surface area contributed by atoms with Crippen molar-refractivity contribution in [2.24, 2.45) is 0 Å². The van der Waals surface area contributed by atoms with E-state index in [1.54, 1.807) is 0 Å². The maximum Gasteiger partial charge on any atom is 0.222 e. The molecule has 2 unspecified atom stereocenters. The molecule has 2 aliphatic rings. The van der Waals surface area contributed by atoms with Crippen LogP contribution in [0.4, 0.5) is 0 Å². The molecule has 2 fully saturated rings. The minimum Gasteiger partial charge on any atom is -0.378 e. The van der Waals surface area contributed by atoms with Crippen molar-refractivity contribution in [3.05, 3.63) is 0 Å². The lowest BCUT2D eigenvalue weighted by molar-refractivity contribution is -0.124. The van der Waals surface area contributed by atoms with Crippen molar-refractivity contribution < 1.29 is 9.53 Å². The van der Waals surface area contributed by atoms with Crippen LogP contribution in [0.15, 0.2) is 0 Å². The molecular weight excluding hydrogens is 228 g/mol. The summed E-state index contributed by atoms with van der Waals surface area (Å²) in [6.07, 6.45) is 5.10. The molecule has 0 aromatic carbocycles. The number of nitrogens with one attached hydrogen (secondary N) is 2. The molecule has 2 atom stereocenters. The molecule has 2 N–H and O–H groups in total. The second-order valence-electron chi connectivity index (χ2n) is 4.45. The third-order valence-corrected chi connectivity index (χ3v) is 3.10. The van der Waals surface area contributed by atoms with Gasteiger partial charge in [0.25, 0.3) is 0 Å². The molecule has 94 valence electrons. The highest BCUT2D eigenvalue weighted by Crippen LogP contribution is 2.15. The van der Waals surface area contributed by atoms with Crippen molar-refractivity contribution >= 4 is 18.3 Å². The van der Waals surface area contributed by atoms with Gasteiger partial charge in [-0.1, -0.05) is 0 Å². The van der Waals surface area contributed by atoms with Crippen molar-refractivity contribution in [1.29, 1.82) is 0 Å². The lowest BCUT2D eigenvalue weighted by atomic mass is 10.1. The van der Waals surface area contributed by atoms with Crippen LogP contribution in [0.1, 0.15) is 32.1 Å². The summed E-state index contributed by atoms with van der Waals surface area (Å²) >= 11 is 0. The Kier molecular flexibility index (Phi) is 6.09. The van der Waals surface area contributed by atoms with Gasteiger partial charge in [-0.25, -0.2) is 0 Å². The molecule has 0 radical (unpaired) electrons. The second kappa shape index (κ2) is 7.09. The van der Waals surface area contributed by atoms with Crippen molar-refractivity contribution in [2.45, 2.75) is 44.2 Å². The van der Waals surface area contributed by atoms with E-state index in [1.807, 2.05) is 0 Å². The molecule has 0 aromatic rings. The van der Waals surface area contributed by atoms with E-state index in [0.29, 0.717) is 12.5 Å². The predicted molar refractivity (Wildman–Crippen MR) is 64.9 cm³/mol. The van der Waals surface area contributed by atoms with E-state index in [4.69, 9.17) is 4.74 Å². The Morgan fingerprint density at radius 2 is 2.25 bits per heavy atom. The molecule has 4 nitrogen and oxygen atoms in total. The van der Waals surface area contributed by atoms with Gasteiger partial charge in [0.15, 0.2) is 0 Å². The van der Waals surface area contributed by atoms with Crippen LogP contribution in [0.3, 0.4) is 0 Å². The summed E-state index contributed by atoms with van der Waals surface area (Å²) in [5, 5.41) is 6.35. The standard InChI is InChI=1S/C11H20N2O2.ClH/c14-11(7-10-4-2-6-15-10)13-9-3-1-5-12-8-9;/h9-10,12H,1-8H2,(H,13,14);1H. The fourth-order valence-electron chi connectivity index (χ4n) is 2.27. The third kappa shape index (κ3) is 4.28. The number of rotatable bonds is 3. The first kappa shape index (κ1) is 13.7. The predicted octanol–water partition coefficient (Wildman–Crippen LogP) is 0.845. The number of halogens is 1. The van der Waals surface area contributed by atoms with E-state index in [-0.39, 0.29) is 24.4 Å². The molecule has 0 spiro atoms.